The van der Waals surface area contributed by atoms with Gasteiger partial charge in [-0.05, 0) is 6.07 Å². The predicted molar refractivity (Wildman–Crippen MR) is 43.4 cm³/mol. The van der Waals surface area contributed by atoms with E-state index in [4.69, 9.17) is 10.9 Å². The van der Waals surface area contributed by atoms with E-state index in [1.165, 1.54) is 0 Å². The van der Waals surface area contributed by atoms with Gasteiger partial charge in [0.2, 0.25) is 0 Å². The van der Waals surface area contributed by atoms with Gasteiger partial charge in [-0.25, -0.2) is 13.2 Å². The van der Waals surface area contributed by atoms with E-state index in [-0.39, 0.29) is 17.8 Å². The number of oxime groups is 1. The Labute approximate surface area is 77.6 Å². The maximum absolute atomic E-state index is 12.9. The van der Waals surface area contributed by atoms with Crippen LogP contribution in [0.3, 0.4) is 0 Å². The van der Waals surface area contributed by atoms with Crippen LogP contribution in [-0.2, 0) is 6.42 Å². The van der Waals surface area contributed by atoms with Gasteiger partial charge in [0.15, 0.2) is 11.6 Å². The van der Waals surface area contributed by atoms with Gasteiger partial charge in [0.1, 0.15) is 11.7 Å². The molecule has 1 rings (SSSR count). The quantitative estimate of drug-likeness (QED) is 0.251. The van der Waals surface area contributed by atoms with E-state index in [0.717, 1.165) is 6.07 Å². The molecule has 76 valence electrons. The summed E-state index contributed by atoms with van der Waals surface area (Å²) in [6, 6.07) is 1.21. The van der Waals surface area contributed by atoms with E-state index in [0.29, 0.717) is 6.07 Å². The molecular formula is C8H7F3N2O. The van der Waals surface area contributed by atoms with Crippen LogP contribution in [-0.4, -0.2) is 11.0 Å². The van der Waals surface area contributed by atoms with E-state index in [1.54, 1.807) is 0 Å². The van der Waals surface area contributed by atoms with Gasteiger partial charge in [-0.1, -0.05) is 5.16 Å². The van der Waals surface area contributed by atoms with Crippen LogP contribution in [0.2, 0.25) is 0 Å². The minimum Gasteiger partial charge on any atom is -0.409 e. The molecule has 3 N–H and O–H groups in total. The Kier molecular flexibility index (Phi) is 2.95. The number of halogens is 3. The first-order chi connectivity index (χ1) is 6.54. The number of nitrogens with two attached hydrogens (primary N) is 1. The van der Waals surface area contributed by atoms with Crippen molar-refractivity contribution in [1.82, 2.24) is 0 Å². The van der Waals surface area contributed by atoms with E-state index < -0.39 is 17.5 Å². The van der Waals surface area contributed by atoms with Gasteiger partial charge in [0.25, 0.3) is 0 Å². The lowest BCUT2D eigenvalue weighted by Gasteiger charge is -2.02. The number of rotatable bonds is 2. The first-order valence-electron chi connectivity index (χ1n) is 3.64. The first kappa shape index (κ1) is 10.4. The third-order valence-electron chi connectivity index (χ3n) is 1.57. The number of benzene rings is 1. The van der Waals surface area contributed by atoms with Crippen molar-refractivity contribution in [2.24, 2.45) is 10.9 Å². The monoisotopic (exact) mass is 204 g/mol. The fourth-order valence-electron chi connectivity index (χ4n) is 0.968. The minimum atomic E-state index is -1.30. The van der Waals surface area contributed by atoms with Crippen LogP contribution >= 0.6 is 0 Å². The van der Waals surface area contributed by atoms with Gasteiger partial charge < -0.3 is 10.9 Å². The molecule has 3 nitrogen and oxygen atoms in total. The van der Waals surface area contributed by atoms with Crippen molar-refractivity contribution in [1.29, 1.82) is 0 Å². The molecule has 0 fully saturated rings. The van der Waals surface area contributed by atoms with Crippen LogP contribution in [0.1, 0.15) is 5.56 Å². The highest BCUT2D eigenvalue weighted by Crippen LogP contribution is 2.14. The maximum Gasteiger partial charge on any atom is 0.162 e. The lowest BCUT2D eigenvalue weighted by atomic mass is 10.1. The highest BCUT2D eigenvalue weighted by Gasteiger charge is 2.12. The fourth-order valence-corrected chi connectivity index (χ4v) is 0.968. The Balaban J connectivity index is 3.08. The van der Waals surface area contributed by atoms with Crippen LogP contribution in [0, 0.1) is 17.5 Å². The SMILES string of the molecule is N/C(Cc1cc(F)cc(F)c1F)=N\O. The summed E-state index contributed by atoms with van der Waals surface area (Å²) in [5.74, 6) is -3.73. The van der Waals surface area contributed by atoms with Crippen molar-refractivity contribution in [3.63, 3.8) is 0 Å². The van der Waals surface area contributed by atoms with Gasteiger partial charge in [-0.3, -0.25) is 0 Å². The Morgan fingerprint density at radius 3 is 2.57 bits per heavy atom. The summed E-state index contributed by atoms with van der Waals surface area (Å²) in [6.45, 7) is 0. The molecule has 0 aliphatic heterocycles. The number of nitrogens with zero attached hydrogens (tertiary/aromatic N) is 1. The Bertz CT molecular complexity index is 379. The zero-order chi connectivity index (χ0) is 10.7. The molecule has 0 radical (unpaired) electrons. The topological polar surface area (TPSA) is 58.6 Å². The smallest absolute Gasteiger partial charge is 0.162 e. The maximum atomic E-state index is 12.9. The summed E-state index contributed by atoms with van der Waals surface area (Å²) >= 11 is 0. The Hall–Kier alpha value is -1.72. The van der Waals surface area contributed by atoms with Gasteiger partial charge in [-0.15, -0.1) is 0 Å². The molecule has 0 saturated heterocycles. The molecule has 0 heterocycles. The molecule has 0 amide bonds. The second-order valence-corrected chi connectivity index (χ2v) is 2.63. The molecular weight excluding hydrogens is 197 g/mol. The summed E-state index contributed by atoms with van der Waals surface area (Å²) in [5, 5.41) is 10.7. The third-order valence-corrected chi connectivity index (χ3v) is 1.57. The summed E-state index contributed by atoms with van der Waals surface area (Å²) in [6.07, 6.45) is -0.350. The fraction of sp³-hybridized carbons (Fsp3) is 0.125. The Morgan fingerprint density at radius 1 is 1.36 bits per heavy atom. The van der Waals surface area contributed by atoms with Gasteiger partial charge >= 0.3 is 0 Å². The largest absolute Gasteiger partial charge is 0.409 e. The molecule has 0 atom stereocenters. The number of amidine groups is 1. The van der Waals surface area contributed by atoms with Crippen molar-refractivity contribution in [3.8, 4) is 0 Å². The average Bonchev–Trinajstić information content (AvgIpc) is 2.13. The summed E-state index contributed by atoms with van der Waals surface area (Å²) < 4.78 is 38.2. The lowest BCUT2D eigenvalue weighted by Crippen LogP contribution is -2.16. The molecule has 1 aromatic rings. The minimum absolute atomic E-state index is 0.294. The zero-order valence-corrected chi connectivity index (χ0v) is 6.97. The highest BCUT2D eigenvalue weighted by molar-refractivity contribution is 5.82. The zero-order valence-electron chi connectivity index (χ0n) is 6.97. The summed E-state index contributed by atoms with van der Waals surface area (Å²) in [5.41, 5.74) is 4.77. The molecule has 14 heavy (non-hydrogen) atoms. The molecule has 0 aliphatic carbocycles. The second kappa shape index (κ2) is 3.99. The summed E-state index contributed by atoms with van der Waals surface area (Å²) in [4.78, 5) is 0. The van der Waals surface area contributed by atoms with Crippen LogP contribution < -0.4 is 5.73 Å². The van der Waals surface area contributed by atoms with Gasteiger partial charge in [0, 0.05) is 18.1 Å². The summed E-state index contributed by atoms with van der Waals surface area (Å²) in [7, 11) is 0. The van der Waals surface area contributed by atoms with E-state index in [1.807, 2.05) is 0 Å². The van der Waals surface area contributed by atoms with Crippen LogP contribution in [0.5, 0.6) is 0 Å². The van der Waals surface area contributed by atoms with Crippen molar-refractivity contribution >= 4 is 5.84 Å². The molecule has 0 aliphatic rings. The second-order valence-electron chi connectivity index (χ2n) is 2.63. The molecule has 0 unspecified atom stereocenters. The van der Waals surface area contributed by atoms with Gasteiger partial charge in [0.05, 0.1) is 0 Å². The van der Waals surface area contributed by atoms with E-state index >= 15 is 0 Å². The highest BCUT2D eigenvalue weighted by atomic mass is 19.2. The van der Waals surface area contributed by atoms with E-state index in [9.17, 15) is 13.2 Å². The molecule has 0 saturated carbocycles. The van der Waals surface area contributed by atoms with Crippen molar-refractivity contribution in [2.75, 3.05) is 0 Å². The van der Waals surface area contributed by atoms with E-state index in [2.05, 4.69) is 5.16 Å². The van der Waals surface area contributed by atoms with Crippen LogP contribution in [0.15, 0.2) is 17.3 Å². The van der Waals surface area contributed by atoms with Crippen molar-refractivity contribution in [2.45, 2.75) is 6.42 Å². The predicted octanol–water partition coefficient (Wildman–Crippen LogP) is 1.39. The van der Waals surface area contributed by atoms with Crippen LogP contribution in [0.25, 0.3) is 0 Å². The standard InChI is InChI=1S/C8H7F3N2O/c9-5-1-4(2-7(12)13-14)8(11)6(10)3-5/h1,3,14H,2H2,(H2,12,13). The number of hydrogen-bond donors (Lipinski definition) is 2. The molecule has 0 spiro atoms. The third kappa shape index (κ3) is 2.15. The first-order valence-corrected chi connectivity index (χ1v) is 3.64. The average molecular weight is 204 g/mol. The molecule has 6 heteroatoms. The molecule has 0 aromatic heterocycles. The van der Waals surface area contributed by atoms with Crippen molar-refractivity contribution < 1.29 is 18.4 Å². The Morgan fingerprint density at radius 2 is 2.00 bits per heavy atom. The van der Waals surface area contributed by atoms with Gasteiger partial charge in [-0.2, -0.15) is 0 Å². The molecule has 0 bridgehead atoms. The number of hydrogen-bond acceptors (Lipinski definition) is 2. The van der Waals surface area contributed by atoms with Crippen LogP contribution in [0.4, 0.5) is 13.2 Å². The van der Waals surface area contributed by atoms with Crippen molar-refractivity contribution in [3.05, 3.63) is 35.1 Å². The normalized spacial score (nSPS) is 11.8. The lowest BCUT2D eigenvalue weighted by molar-refractivity contribution is 0.317. The molecule has 1 aromatic carbocycles.